The zero-order valence-corrected chi connectivity index (χ0v) is 8.84. The number of aliphatic imine (C=N–C) groups is 1. The first-order valence-corrected chi connectivity index (χ1v) is 5.20. The summed E-state index contributed by atoms with van der Waals surface area (Å²) in [4.78, 5) is 4.24. The Labute approximate surface area is 91.9 Å². The van der Waals surface area contributed by atoms with Crippen LogP contribution in [0.15, 0.2) is 23.2 Å². The van der Waals surface area contributed by atoms with Crippen LogP contribution in [0.5, 0.6) is 0 Å². The van der Waals surface area contributed by atoms with E-state index in [0.717, 1.165) is 12.5 Å². The molecule has 1 aromatic rings. The molecule has 16 heavy (non-hydrogen) atoms. The van der Waals surface area contributed by atoms with Gasteiger partial charge in [0.1, 0.15) is 11.6 Å². The van der Waals surface area contributed by atoms with Gasteiger partial charge >= 0.3 is 0 Å². The number of rotatable bonds is 1. The lowest BCUT2D eigenvalue weighted by Crippen LogP contribution is -2.12. The van der Waals surface area contributed by atoms with Gasteiger partial charge in [-0.25, -0.2) is 8.78 Å². The second-order valence-electron chi connectivity index (χ2n) is 4.43. The van der Waals surface area contributed by atoms with Gasteiger partial charge in [-0.05, 0) is 24.1 Å². The highest BCUT2D eigenvalue weighted by Crippen LogP contribution is 2.58. The maximum Gasteiger partial charge on any atom is 0.187 e. The maximum absolute atomic E-state index is 13.1. The van der Waals surface area contributed by atoms with E-state index in [1.54, 1.807) is 7.11 Å². The fourth-order valence-electron chi connectivity index (χ4n) is 2.59. The van der Waals surface area contributed by atoms with Crippen LogP contribution in [0, 0.1) is 17.6 Å². The smallest absolute Gasteiger partial charge is 0.187 e. The van der Waals surface area contributed by atoms with Crippen LogP contribution < -0.4 is 0 Å². The molecule has 0 aromatic heterocycles. The molecule has 0 bridgehead atoms. The van der Waals surface area contributed by atoms with E-state index in [4.69, 9.17) is 4.74 Å². The Morgan fingerprint density at radius 1 is 1.31 bits per heavy atom. The Hall–Kier alpha value is -1.45. The van der Waals surface area contributed by atoms with Gasteiger partial charge in [-0.2, -0.15) is 0 Å². The van der Waals surface area contributed by atoms with Crippen molar-refractivity contribution in [1.82, 2.24) is 0 Å². The van der Waals surface area contributed by atoms with E-state index in [1.807, 2.05) is 0 Å². The predicted octanol–water partition coefficient (Wildman–Crippen LogP) is 2.28. The average molecular weight is 223 g/mol. The number of hydrogen-bond acceptors (Lipinski definition) is 2. The number of hydrogen-bond donors (Lipinski definition) is 0. The summed E-state index contributed by atoms with van der Waals surface area (Å²) < 4.78 is 31.4. The number of ether oxygens (including phenoxy) is 1. The highest BCUT2D eigenvalue weighted by Gasteiger charge is 2.62. The van der Waals surface area contributed by atoms with E-state index in [2.05, 4.69) is 4.99 Å². The van der Waals surface area contributed by atoms with Crippen LogP contribution in [-0.4, -0.2) is 19.6 Å². The average Bonchev–Trinajstić information content (AvgIpc) is 2.86. The van der Waals surface area contributed by atoms with Crippen LogP contribution in [0.2, 0.25) is 0 Å². The molecule has 84 valence electrons. The van der Waals surface area contributed by atoms with Gasteiger partial charge in [0, 0.05) is 17.4 Å². The van der Waals surface area contributed by atoms with Gasteiger partial charge in [0.2, 0.25) is 0 Å². The summed E-state index contributed by atoms with van der Waals surface area (Å²) in [6.45, 7) is 0.573. The van der Waals surface area contributed by atoms with Gasteiger partial charge in [-0.1, -0.05) is 0 Å². The minimum absolute atomic E-state index is 0.200. The van der Waals surface area contributed by atoms with Crippen LogP contribution in [-0.2, 0) is 10.2 Å². The van der Waals surface area contributed by atoms with Gasteiger partial charge in [-0.3, -0.25) is 4.99 Å². The first-order chi connectivity index (χ1) is 7.65. The molecule has 0 amide bonds. The van der Waals surface area contributed by atoms with Crippen molar-refractivity contribution >= 4 is 5.90 Å². The standard InChI is InChI=1S/C12H11F2NO/c1-16-11-10-5-12(10,6-15-11)7-2-8(13)4-9(14)3-7/h2-4,10H,5-6H2,1H3/t10-,12+/m0/s1. The van der Waals surface area contributed by atoms with Gasteiger partial charge in [0.05, 0.1) is 13.7 Å². The van der Waals surface area contributed by atoms with Gasteiger partial charge in [0.25, 0.3) is 0 Å². The second kappa shape index (κ2) is 3.03. The molecule has 1 aliphatic carbocycles. The molecule has 1 aliphatic heterocycles. The Bertz CT molecular complexity index is 466. The molecule has 1 heterocycles. The zero-order chi connectivity index (χ0) is 11.3. The summed E-state index contributed by atoms with van der Waals surface area (Å²) in [5.74, 6) is -0.134. The van der Waals surface area contributed by atoms with Crippen molar-refractivity contribution < 1.29 is 13.5 Å². The molecule has 2 atom stereocenters. The Morgan fingerprint density at radius 2 is 2.00 bits per heavy atom. The van der Waals surface area contributed by atoms with Crippen molar-refractivity contribution in [3.63, 3.8) is 0 Å². The number of methoxy groups -OCH3 is 1. The van der Waals surface area contributed by atoms with E-state index in [0.29, 0.717) is 18.0 Å². The fourth-order valence-corrected chi connectivity index (χ4v) is 2.59. The Kier molecular flexibility index (Phi) is 1.85. The zero-order valence-electron chi connectivity index (χ0n) is 8.84. The molecule has 3 rings (SSSR count). The number of halogens is 2. The Morgan fingerprint density at radius 3 is 2.50 bits per heavy atom. The highest BCUT2D eigenvalue weighted by molar-refractivity contribution is 5.87. The monoisotopic (exact) mass is 223 g/mol. The van der Waals surface area contributed by atoms with Crippen LogP contribution in [0.4, 0.5) is 8.78 Å². The number of nitrogens with zero attached hydrogens (tertiary/aromatic N) is 1. The lowest BCUT2D eigenvalue weighted by Gasteiger charge is -2.10. The SMILES string of the molecule is COC1=NC[C@@]2(c3cc(F)cc(F)c3)C[C@@H]12. The number of benzene rings is 1. The second-order valence-corrected chi connectivity index (χ2v) is 4.43. The Balaban J connectivity index is 1.96. The van der Waals surface area contributed by atoms with Crippen molar-refractivity contribution in [3.8, 4) is 0 Å². The molecule has 0 N–H and O–H groups in total. The molecule has 1 aromatic carbocycles. The summed E-state index contributed by atoms with van der Waals surface area (Å²) in [5.41, 5.74) is 0.500. The van der Waals surface area contributed by atoms with Crippen molar-refractivity contribution in [2.75, 3.05) is 13.7 Å². The lowest BCUT2D eigenvalue weighted by molar-refractivity contribution is 0.388. The quantitative estimate of drug-likeness (QED) is 0.715. The fraction of sp³-hybridized carbons (Fsp3) is 0.417. The maximum atomic E-state index is 13.1. The molecule has 1 saturated carbocycles. The summed E-state index contributed by atoms with van der Waals surface area (Å²) in [7, 11) is 1.58. The third-order valence-electron chi connectivity index (χ3n) is 3.54. The lowest BCUT2D eigenvalue weighted by atomic mass is 9.94. The molecule has 1 fully saturated rings. The van der Waals surface area contributed by atoms with Crippen LogP contribution in [0.1, 0.15) is 12.0 Å². The molecule has 2 nitrogen and oxygen atoms in total. The third kappa shape index (κ3) is 1.19. The summed E-state index contributed by atoms with van der Waals surface area (Å²) in [6.07, 6.45) is 0.878. The van der Waals surface area contributed by atoms with Crippen molar-refractivity contribution in [2.24, 2.45) is 10.9 Å². The largest absolute Gasteiger partial charge is 0.484 e. The van der Waals surface area contributed by atoms with Crippen molar-refractivity contribution in [1.29, 1.82) is 0 Å². The van der Waals surface area contributed by atoms with Gasteiger partial charge in [-0.15, -0.1) is 0 Å². The summed E-state index contributed by atoms with van der Waals surface area (Å²) in [6, 6.07) is 3.69. The van der Waals surface area contributed by atoms with E-state index < -0.39 is 11.6 Å². The number of fused-ring (bicyclic) bond motifs is 1. The normalized spacial score (nSPS) is 30.9. The third-order valence-corrected chi connectivity index (χ3v) is 3.54. The van der Waals surface area contributed by atoms with Crippen LogP contribution >= 0.6 is 0 Å². The van der Waals surface area contributed by atoms with Crippen molar-refractivity contribution in [2.45, 2.75) is 11.8 Å². The predicted molar refractivity (Wildman–Crippen MR) is 55.5 cm³/mol. The molecule has 4 heteroatoms. The molecular weight excluding hydrogens is 212 g/mol. The molecule has 0 saturated heterocycles. The highest BCUT2D eigenvalue weighted by atomic mass is 19.1. The molecular formula is C12H11F2NO. The van der Waals surface area contributed by atoms with E-state index in [9.17, 15) is 8.78 Å². The molecule has 2 aliphatic rings. The van der Waals surface area contributed by atoms with Crippen LogP contribution in [0.3, 0.4) is 0 Å². The molecule has 0 unspecified atom stereocenters. The first kappa shape index (κ1) is 9.75. The van der Waals surface area contributed by atoms with Crippen LogP contribution in [0.25, 0.3) is 0 Å². The van der Waals surface area contributed by atoms with Gasteiger partial charge in [0.15, 0.2) is 5.90 Å². The molecule has 0 radical (unpaired) electrons. The van der Waals surface area contributed by atoms with E-state index >= 15 is 0 Å². The van der Waals surface area contributed by atoms with E-state index in [1.165, 1.54) is 12.1 Å². The van der Waals surface area contributed by atoms with Crippen molar-refractivity contribution in [3.05, 3.63) is 35.4 Å². The topological polar surface area (TPSA) is 21.6 Å². The summed E-state index contributed by atoms with van der Waals surface area (Å²) in [5, 5.41) is 0. The molecule has 0 spiro atoms. The van der Waals surface area contributed by atoms with Gasteiger partial charge < -0.3 is 4.74 Å². The van der Waals surface area contributed by atoms with E-state index in [-0.39, 0.29) is 11.3 Å². The minimum atomic E-state index is -0.527. The summed E-state index contributed by atoms with van der Waals surface area (Å²) >= 11 is 0. The minimum Gasteiger partial charge on any atom is -0.484 e. The first-order valence-electron chi connectivity index (χ1n) is 5.20.